The lowest BCUT2D eigenvalue weighted by Gasteiger charge is -2.21. The van der Waals surface area contributed by atoms with Gasteiger partial charge in [0.1, 0.15) is 5.82 Å². The second kappa shape index (κ2) is 6.89. The van der Waals surface area contributed by atoms with Crippen LogP contribution in [0.4, 0.5) is 15.8 Å². The zero-order valence-corrected chi connectivity index (χ0v) is 14.5. The van der Waals surface area contributed by atoms with Gasteiger partial charge in [-0.15, -0.1) is 0 Å². The summed E-state index contributed by atoms with van der Waals surface area (Å²) < 4.78 is 13.4. The SMILES string of the molecule is Cc1cccc(C)c1NC(=O)CN(C)c1ccnc2cc(F)ccc12. The van der Waals surface area contributed by atoms with Gasteiger partial charge in [0.2, 0.25) is 5.91 Å². The summed E-state index contributed by atoms with van der Waals surface area (Å²) in [6.45, 7) is 4.12. The molecule has 1 heterocycles. The molecule has 1 aromatic heterocycles. The normalized spacial score (nSPS) is 10.7. The highest BCUT2D eigenvalue weighted by atomic mass is 19.1. The van der Waals surface area contributed by atoms with Gasteiger partial charge in [-0.1, -0.05) is 18.2 Å². The number of fused-ring (bicyclic) bond motifs is 1. The Morgan fingerprint density at radius 1 is 1.16 bits per heavy atom. The second-order valence-electron chi connectivity index (χ2n) is 6.16. The van der Waals surface area contributed by atoms with Gasteiger partial charge in [0.25, 0.3) is 0 Å². The minimum atomic E-state index is -0.326. The Bertz CT molecular complexity index is 919. The van der Waals surface area contributed by atoms with Crippen LogP contribution in [0.15, 0.2) is 48.7 Å². The molecule has 0 saturated heterocycles. The van der Waals surface area contributed by atoms with Crippen molar-refractivity contribution in [1.82, 2.24) is 4.98 Å². The molecular formula is C20H20FN3O. The number of aromatic nitrogens is 1. The molecular weight excluding hydrogens is 317 g/mol. The molecule has 1 amide bonds. The molecule has 0 aliphatic carbocycles. The van der Waals surface area contributed by atoms with Crippen molar-refractivity contribution in [3.63, 3.8) is 0 Å². The fourth-order valence-electron chi connectivity index (χ4n) is 2.93. The van der Waals surface area contributed by atoms with E-state index in [0.717, 1.165) is 27.9 Å². The first-order chi connectivity index (χ1) is 12.0. The number of hydrogen-bond donors (Lipinski definition) is 1. The fraction of sp³-hybridized carbons (Fsp3) is 0.200. The maximum atomic E-state index is 13.4. The molecule has 4 nitrogen and oxygen atoms in total. The van der Waals surface area contributed by atoms with Gasteiger partial charge in [-0.2, -0.15) is 0 Å². The van der Waals surface area contributed by atoms with E-state index in [1.807, 2.05) is 50.1 Å². The van der Waals surface area contributed by atoms with Crippen LogP contribution in [-0.4, -0.2) is 24.5 Å². The Morgan fingerprint density at radius 3 is 2.60 bits per heavy atom. The molecule has 0 aliphatic heterocycles. The number of nitrogens with one attached hydrogen (secondary N) is 1. The van der Waals surface area contributed by atoms with Crippen molar-refractivity contribution >= 4 is 28.2 Å². The number of likely N-dealkylation sites (N-methyl/N-ethyl adjacent to an activating group) is 1. The molecule has 3 rings (SSSR count). The average molecular weight is 337 g/mol. The number of anilines is 2. The Labute approximate surface area is 146 Å². The molecule has 5 heteroatoms. The molecule has 0 saturated carbocycles. The largest absolute Gasteiger partial charge is 0.365 e. The molecule has 0 spiro atoms. The molecule has 1 N–H and O–H groups in total. The van der Waals surface area contributed by atoms with Crippen molar-refractivity contribution in [3.05, 3.63) is 65.6 Å². The third kappa shape index (κ3) is 3.60. The molecule has 0 bridgehead atoms. The van der Waals surface area contributed by atoms with Crippen LogP contribution in [0.3, 0.4) is 0 Å². The molecule has 0 aliphatic rings. The predicted octanol–water partition coefficient (Wildman–Crippen LogP) is 4.07. The van der Waals surface area contributed by atoms with E-state index in [-0.39, 0.29) is 18.3 Å². The quantitative estimate of drug-likeness (QED) is 0.781. The lowest BCUT2D eigenvalue weighted by molar-refractivity contribution is -0.114. The summed E-state index contributed by atoms with van der Waals surface area (Å²) in [5, 5.41) is 3.79. The van der Waals surface area contributed by atoms with E-state index in [2.05, 4.69) is 10.3 Å². The predicted molar refractivity (Wildman–Crippen MR) is 99.5 cm³/mol. The lowest BCUT2D eigenvalue weighted by atomic mass is 10.1. The number of benzene rings is 2. The lowest BCUT2D eigenvalue weighted by Crippen LogP contribution is -2.30. The number of pyridine rings is 1. The average Bonchev–Trinajstić information content (AvgIpc) is 2.57. The van der Waals surface area contributed by atoms with E-state index < -0.39 is 0 Å². The summed E-state index contributed by atoms with van der Waals surface area (Å²) in [6, 6.07) is 12.2. The number of aryl methyl sites for hydroxylation is 2. The van der Waals surface area contributed by atoms with Crippen LogP contribution in [0.2, 0.25) is 0 Å². The number of carbonyl (C=O) groups excluding carboxylic acids is 1. The molecule has 2 aromatic carbocycles. The zero-order valence-electron chi connectivity index (χ0n) is 14.5. The molecule has 128 valence electrons. The van der Waals surface area contributed by atoms with Gasteiger partial charge >= 0.3 is 0 Å². The van der Waals surface area contributed by atoms with E-state index in [1.165, 1.54) is 12.1 Å². The van der Waals surface area contributed by atoms with Crippen LogP contribution in [0.25, 0.3) is 10.9 Å². The molecule has 0 atom stereocenters. The monoisotopic (exact) mass is 337 g/mol. The smallest absolute Gasteiger partial charge is 0.243 e. The summed E-state index contributed by atoms with van der Waals surface area (Å²) in [5.41, 5.74) is 4.31. The maximum absolute atomic E-state index is 13.4. The van der Waals surface area contributed by atoms with E-state index in [1.54, 1.807) is 12.3 Å². The number of hydrogen-bond acceptors (Lipinski definition) is 3. The van der Waals surface area contributed by atoms with Crippen LogP contribution in [-0.2, 0) is 4.79 Å². The van der Waals surface area contributed by atoms with Crippen molar-refractivity contribution in [2.45, 2.75) is 13.8 Å². The third-order valence-electron chi connectivity index (χ3n) is 4.22. The summed E-state index contributed by atoms with van der Waals surface area (Å²) in [7, 11) is 1.84. The Kier molecular flexibility index (Phi) is 4.65. The topological polar surface area (TPSA) is 45.2 Å². The summed E-state index contributed by atoms with van der Waals surface area (Å²) >= 11 is 0. The molecule has 3 aromatic rings. The number of para-hydroxylation sites is 1. The van der Waals surface area contributed by atoms with Gasteiger partial charge in [0, 0.05) is 36.1 Å². The van der Waals surface area contributed by atoms with E-state index in [9.17, 15) is 9.18 Å². The second-order valence-corrected chi connectivity index (χ2v) is 6.16. The van der Waals surface area contributed by atoms with Gasteiger partial charge in [-0.05, 0) is 43.2 Å². The Hall–Kier alpha value is -2.95. The number of amides is 1. The highest BCUT2D eigenvalue weighted by Crippen LogP contribution is 2.25. The van der Waals surface area contributed by atoms with Crippen molar-refractivity contribution in [1.29, 1.82) is 0 Å². The van der Waals surface area contributed by atoms with Gasteiger partial charge < -0.3 is 10.2 Å². The number of carbonyl (C=O) groups is 1. The van der Waals surface area contributed by atoms with Gasteiger partial charge in [0.05, 0.1) is 12.1 Å². The van der Waals surface area contributed by atoms with Crippen molar-refractivity contribution in [2.24, 2.45) is 0 Å². The molecule has 0 fully saturated rings. The standard InChI is InChI=1S/C20H20FN3O/c1-13-5-4-6-14(2)20(13)23-19(25)12-24(3)18-9-10-22-17-11-15(21)7-8-16(17)18/h4-11H,12H2,1-3H3,(H,23,25). The minimum absolute atomic E-state index is 0.105. The van der Waals surface area contributed by atoms with E-state index in [0.29, 0.717) is 5.52 Å². The summed E-state index contributed by atoms with van der Waals surface area (Å²) in [5.74, 6) is -0.431. The van der Waals surface area contributed by atoms with Gasteiger partial charge in [-0.25, -0.2) is 4.39 Å². The van der Waals surface area contributed by atoms with Crippen LogP contribution in [0, 0.1) is 19.7 Å². The highest BCUT2D eigenvalue weighted by Gasteiger charge is 2.13. The first-order valence-corrected chi connectivity index (χ1v) is 8.07. The Balaban J connectivity index is 1.80. The number of rotatable bonds is 4. The Morgan fingerprint density at radius 2 is 1.88 bits per heavy atom. The summed E-state index contributed by atoms with van der Waals surface area (Å²) in [4.78, 5) is 18.5. The highest BCUT2D eigenvalue weighted by molar-refractivity contribution is 5.98. The van der Waals surface area contributed by atoms with Gasteiger partial charge in [0.15, 0.2) is 0 Å². The first-order valence-electron chi connectivity index (χ1n) is 8.07. The molecule has 0 unspecified atom stereocenters. The van der Waals surface area contributed by atoms with E-state index >= 15 is 0 Å². The zero-order chi connectivity index (χ0) is 18.0. The van der Waals surface area contributed by atoms with E-state index in [4.69, 9.17) is 0 Å². The molecule has 0 radical (unpaired) electrons. The van der Waals surface area contributed by atoms with Crippen LogP contribution >= 0.6 is 0 Å². The molecule has 25 heavy (non-hydrogen) atoms. The van der Waals surface area contributed by atoms with Crippen molar-refractivity contribution in [3.8, 4) is 0 Å². The maximum Gasteiger partial charge on any atom is 0.243 e. The van der Waals surface area contributed by atoms with Crippen molar-refractivity contribution in [2.75, 3.05) is 23.8 Å². The van der Waals surface area contributed by atoms with Crippen LogP contribution in [0.5, 0.6) is 0 Å². The van der Waals surface area contributed by atoms with Crippen LogP contribution < -0.4 is 10.2 Å². The minimum Gasteiger partial charge on any atom is -0.365 e. The van der Waals surface area contributed by atoms with Crippen LogP contribution in [0.1, 0.15) is 11.1 Å². The van der Waals surface area contributed by atoms with Crippen molar-refractivity contribution < 1.29 is 9.18 Å². The third-order valence-corrected chi connectivity index (χ3v) is 4.22. The number of halogens is 1. The summed E-state index contributed by atoms with van der Waals surface area (Å²) in [6.07, 6.45) is 1.62. The first kappa shape index (κ1) is 16.9. The van der Waals surface area contributed by atoms with Gasteiger partial charge in [-0.3, -0.25) is 9.78 Å². The fourth-order valence-corrected chi connectivity index (χ4v) is 2.93. The number of nitrogens with zero attached hydrogens (tertiary/aromatic N) is 2.